The first kappa shape index (κ1) is 12.9. The van der Waals surface area contributed by atoms with Crippen molar-refractivity contribution in [3.8, 4) is 0 Å². The van der Waals surface area contributed by atoms with Crippen molar-refractivity contribution >= 4 is 11.6 Å². The van der Waals surface area contributed by atoms with E-state index in [0.29, 0.717) is 18.1 Å². The van der Waals surface area contributed by atoms with Gasteiger partial charge in [-0.25, -0.2) is 9.97 Å². The van der Waals surface area contributed by atoms with Crippen molar-refractivity contribution in [3.63, 3.8) is 0 Å². The van der Waals surface area contributed by atoms with Crippen LogP contribution < -0.4 is 10.6 Å². The molecule has 1 aliphatic rings. The lowest BCUT2D eigenvalue weighted by Crippen LogP contribution is -2.39. The lowest BCUT2D eigenvalue weighted by Gasteiger charge is -2.21. The number of alkyl halides is 3. The summed E-state index contributed by atoms with van der Waals surface area (Å²) >= 11 is 0. The van der Waals surface area contributed by atoms with Crippen LogP contribution in [0.15, 0.2) is 6.07 Å². The minimum absolute atomic E-state index is 0.0941. The Balaban J connectivity index is 2.24. The zero-order valence-corrected chi connectivity index (χ0v) is 10.2. The number of anilines is 2. The number of nitrogens with one attached hydrogen (secondary N) is 2. The number of aromatic nitrogens is 2. The molecule has 2 rings (SSSR count). The zero-order chi connectivity index (χ0) is 13.4. The average molecular weight is 260 g/mol. The lowest BCUT2D eigenvalue weighted by atomic mass is 10.2. The van der Waals surface area contributed by atoms with Crippen LogP contribution in [-0.2, 0) is 6.42 Å². The highest BCUT2D eigenvalue weighted by Gasteiger charge is 2.63. The van der Waals surface area contributed by atoms with Crippen molar-refractivity contribution in [2.24, 2.45) is 0 Å². The highest BCUT2D eigenvalue weighted by Crippen LogP contribution is 2.51. The molecule has 0 radical (unpaired) electrons. The summed E-state index contributed by atoms with van der Waals surface area (Å²) in [5, 5.41) is 5.32. The largest absolute Gasteiger partial charge is 0.411 e. The Kier molecular flexibility index (Phi) is 3.08. The predicted molar refractivity (Wildman–Crippen MR) is 62.6 cm³/mol. The summed E-state index contributed by atoms with van der Waals surface area (Å²) in [7, 11) is 1.67. The number of rotatable bonds is 4. The number of aryl methyl sites for hydroxylation is 1. The maximum atomic E-state index is 12.8. The van der Waals surface area contributed by atoms with Gasteiger partial charge < -0.3 is 10.6 Å². The van der Waals surface area contributed by atoms with Gasteiger partial charge >= 0.3 is 6.18 Å². The molecule has 0 bridgehead atoms. The summed E-state index contributed by atoms with van der Waals surface area (Å²) in [6.45, 7) is 1.86. The second-order valence-corrected chi connectivity index (χ2v) is 4.36. The van der Waals surface area contributed by atoms with Gasteiger partial charge in [-0.15, -0.1) is 0 Å². The first-order chi connectivity index (χ1) is 8.40. The molecule has 0 unspecified atom stereocenters. The van der Waals surface area contributed by atoms with Crippen molar-refractivity contribution in [1.29, 1.82) is 0 Å². The summed E-state index contributed by atoms with van der Waals surface area (Å²) < 4.78 is 38.5. The van der Waals surface area contributed by atoms with E-state index in [1.165, 1.54) is 6.07 Å². The molecule has 0 aromatic carbocycles. The minimum atomic E-state index is -4.25. The molecule has 1 fully saturated rings. The van der Waals surface area contributed by atoms with Gasteiger partial charge in [0.1, 0.15) is 23.0 Å². The highest BCUT2D eigenvalue weighted by atomic mass is 19.4. The van der Waals surface area contributed by atoms with Gasteiger partial charge in [0.05, 0.1) is 0 Å². The second kappa shape index (κ2) is 4.29. The second-order valence-electron chi connectivity index (χ2n) is 4.36. The number of hydrogen-bond acceptors (Lipinski definition) is 4. The van der Waals surface area contributed by atoms with E-state index in [9.17, 15) is 13.2 Å². The minimum Gasteiger partial charge on any atom is -0.373 e. The Labute approximate surface area is 103 Å². The summed E-state index contributed by atoms with van der Waals surface area (Å²) in [6, 6.07) is 1.49. The van der Waals surface area contributed by atoms with E-state index in [1.54, 1.807) is 7.05 Å². The van der Waals surface area contributed by atoms with Gasteiger partial charge in [0.2, 0.25) is 0 Å². The van der Waals surface area contributed by atoms with E-state index in [4.69, 9.17) is 0 Å². The van der Waals surface area contributed by atoms with Gasteiger partial charge in [-0.2, -0.15) is 13.2 Å². The third-order valence-corrected chi connectivity index (χ3v) is 3.00. The van der Waals surface area contributed by atoms with Crippen molar-refractivity contribution in [2.45, 2.75) is 37.9 Å². The first-order valence-corrected chi connectivity index (χ1v) is 5.81. The van der Waals surface area contributed by atoms with Crippen LogP contribution in [0.25, 0.3) is 0 Å². The monoisotopic (exact) mass is 260 g/mol. The van der Waals surface area contributed by atoms with Gasteiger partial charge in [0.15, 0.2) is 0 Å². The summed E-state index contributed by atoms with van der Waals surface area (Å²) in [4.78, 5) is 8.22. The van der Waals surface area contributed by atoms with Gasteiger partial charge in [-0.3, -0.25) is 0 Å². The first-order valence-electron chi connectivity index (χ1n) is 5.81. The van der Waals surface area contributed by atoms with Crippen LogP contribution in [0, 0.1) is 0 Å². The fraction of sp³-hybridized carbons (Fsp3) is 0.636. The lowest BCUT2D eigenvalue weighted by molar-refractivity contribution is -0.151. The highest BCUT2D eigenvalue weighted by molar-refractivity contribution is 5.50. The molecule has 7 heteroatoms. The quantitative estimate of drug-likeness (QED) is 0.873. The fourth-order valence-electron chi connectivity index (χ4n) is 1.70. The van der Waals surface area contributed by atoms with Crippen LogP contribution >= 0.6 is 0 Å². The molecule has 0 spiro atoms. The van der Waals surface area contributed by atoms with Crippen LogP contribution in [-0.4, -0.2) is 28.7 Å². The molecule has 100 valence electrons. The van der Waals surface area contributed by atoms with Gasteiger partial charge in [-0.1, -0.05) is 6.92 Å². The third-order valence-electron chi connectivity index (χ3n) is 3.00. The van der Waals surface area contributed by atoms with E-state index >= 15 is 0 Å². The SMILES string of the molecule is CCc1nc(NC)cc(NC2(C(F)(F)F)CC2)n1. The average Bonchev–Trinajstić information content (AvgIpc) is 3.08. The van der Waals surface area contributed by atoms with Crippen LogP contribution in [0.5, 0.6) is 0 Å². The topological polar surface area (TPSA) is 49.8 Å². The molecule has 0 atom stereocenters. The number of nitrogens with zero attached hydrogens (tertiary/aromatic N) is 2. The summed E-state index contributed by atoms with van der Waals surface area (Å²) in [5.41, 5.74) is -1.79. The molecule has 1 aliphatic carbocycles. The standard InChI is InChI=1S/C11H15F3N4/c1-3-7-16-8(15-2)6-9(17-7)18-10(4-5-10)11(12,13)14/h6H,3-5H2,1-2H3,(H2,15,16,17,18). The molecule has 1 aromatic rings. The van der Waals surface area contributed by atoms with Crippen molar-refractivity contribution in [1.82, 2.24) is 9.97 Å². The van der Waals surface area contributed by atoms with E-state index in [2.05, 4.69) is 20.6 Å². The molecular formula is C11H15F3N4. The van der Waals surface area contributed by atoms with Crippen LogP contribution in [0.2, 0.25) is 0 Å². The molecule has 4 nitrogen and oxygen atoms in total. The summed E-state index contributed by atoms with van der Waals surface area (Å²) in [6.07, 6.45) is -3.49. The van der Waals surface area contributed by atoms with Crippen molar-refractivity contribution < 1.29 is 13.2 Å². The Hall–Kier alpha value is -1.53. The Morgan fingerprint density at radius 3 is 2.33 bits per heavy atom. The van der Waals surface area contributed by atoms with Crippen molar-refractivity contribution in [3.05, 3.63) is 11.9 Å². The van der Waals surface area contributed by atoms with E-state index in [1.807, 2.05) is 6.92 Å². The molecule has 0 aliphatic heterocycles. The molecule has 2 N–H and O–H groups in total. The number of hydrogen-bond donors (Lipinski definition) is 2. The molecule has 1 saturated carbocycles. The van der Waals surface area contributed by atoms with E-state index in [-0.39, 0.29) is 18.7 Å². The van der Waals surface area contributed by atoms with E-state index in [0.717, 1.165) is 0 Å². The van der Waals surface area contributed by atoms with Gasteiger partial charge in [0.25, 0.3) is 0 Å². The van der Waals surface area contributed by atoms with Crippen LogP contribution in [0.3, 0.4) is 0 Å². The molecule has 1 aromatic heterocycles. The van der Waals surface area contributed by atoms with Gasteiger partial charge in [-0.05, 0) is 12.8 Å². The molecular weight excluding hydrogens is 245 g/mol. The zero-order valence-electron chi connectivity index (χ0n) is 10.2. The molecule has 0 saturated heterocycles. The maximum Gasteiger partial charge on any atom is 0.411 e. The Morgan fingerprint density at radius 1 is 1.28 bits per heavy atom. The van der Waals surface area contributed by atoms with Crippen LogP contribution in [0.1, 0.15) is 25.6 Å². The Bertz CT molecular complexity index is 418. The fourth-order valence-corrected chi connectivity index (χ4v) is 1.70. The normalized spacial score (nSPS) is 17.4. The van der Waals surface area contributed by atoms with Crippen LogP contribution in [0.4, 0.5) is 24.8 Å². The predicted octanol–water partition coefficient (Wildman–Crippen LogP) is 2.59. The molecule has 0 amide bonds. The third kappa shape index (κ3) is 2.34. The molecule has 18 heavy (non-hydrogen) atoms. The maximum absolute atomic E-state index is 12.8. The van der Waals surface area contributed by atoms with E-state index < -0.39 is 11.7 Å². The number of halogens is 3. The smallest absolute Gasteiger partial charge is 0.373 e. The van der Waals surface area contributed by atoms with Crippen molar-refractivity contribution in [2.75, 3.05) is 17.7 Å². The van der Waals surface area contributed by atoms with Gasteiger partial charge in [0, 0.05) is 19.5 Å². The Morgan fingerprint density at radius 2 is 1.89 bits per heavy atom. The summed E-state index contributed by atoms with van der Waals surface area (Å²) in [5.74, 6) is 1.26. The molecule has 1 heterocycles.